The highest BCUT2D eigenvalue weighted by molar-refractivity contribution is 5.95. The molecule has 1 amide bonds. The lowest BCUT2D eigenvalue weighted by Crippen LogP contribution is -2.37. The number of likely N-dealkylation sites (tertiary alicyclic amines) is 1. The van der Waals surface area contributed by atoms with Crippen LogP contribution in [0.2, 0.25) is 0 Å². The van der Waals surface area contributed by atoms with Gasteiger partial charge in [0.05, 0.1) is 0 Å². The first-order chi connectivity index (χ1) is 8.70. The van der Waals surface area contributed by atoms with Gasteiger partial charge in [-0.05, 0) is 44.6 Å². The third-order valence-corrected chi connectivity index (χ3v) is 3.40. The minimum absolute atomic E-state index is 0.0272. The van der Waals surface area contributed by atoms with E-state index < -0.39 is 0 Å². The molecule has 1 aliphatic rings. The molecule has 18 heavy (non-hydrogen) atoms. The van der Waals surface area contributed by atoms with Gasteiger partial charge in [-0.3, -0.25) is 4.79 Å². The fourth-order valence-corrected chi connectivity index (χ4v) is 2.43. The van der Waals surface area contributed by atoms with Gasteiger partial charge in [0.2, 0.25) is 0 Å². The van der Waals surface area contributed by atoms with Gasteiger partial charge in [-0.1, -0.05) is 18.2 Å². The zero-order chi connectivity index (χ0) is 13.0. The normalized spacial score (nSPS) is 20.0. The van der Waals surface area contributed by atoms with Crippen LogP contribution >= 0.6 is 0 Å². The number of nitrogens with zero attached hydrogens (tertiary/aromatic N) is 1. The van der Waals surface area contributed by atoms with Gasteiger partial charge in [-0.2, -0.15) is 0 Å². The molecule has 0 aliphatic carbocycles. The molecule has 1 aromatic rings. The second-order valence-corrected chi connectivity index (χ2v) is 4.92. The SMILES string of the molecule is CN1CCC(NC(=O)c2ccccc2CCN)C1. The van der Waals surface area contributed by atoms with Crippen LogP contribution in [-0.2, 0) is 6.42 Å². The minimum atomic E-state index is 0.0272. The zero-order valence-corrected chi connectivity index (χ0v) is 10.9. The van der Waals surface area contributed by atoms with Crippen molar-refractivity contribution in [3.05, 3.63) is 35.4 Å². The topological polar surface area (TPSA) is 58.4 Å². The summed E-state index contributed by atoms with van der Waals surface area (Å²) >= 11 is 0. The smallest absolute Gasteiger partial charge is 0.251 e. The molecule has 4 nitrogen and oxygen atoms in total. The van der Waals surface area contributed by atoms with Crippen LogP contribution in [0.25, 0.3) is 0 Å². The van der Waals surface area contributed by atoms with Crippen molar-refractivity contribution in [1.29, 1.82) is 0 Å². The van der Waals surface area contributed by atoms with Crippen molar-refractivity contribution in [1.82, 2.24) is 10.2 Å². The van der Waals surface area contributed by atoms with Crippen molar-refractivity contribution in [3.63, 3.8) is 0 Å². The van der Waals surface area contributed by atoms with Gasteiger partial charge in [0.15, 0.2) is 0 Å². The first kappa shape index (κ1) is 13.1. The zero-order valence-electron chi connectivity index (χ0n) is 10.9. The van der Waals surface area contributed by atoms with E-state index >= 15 is 0 Å². The Morgan fingerprint density at radius 3 is 2.94 bits per heavy atom. The molecule has 1 aliphatic heterocycles. The van der Waals surface area contributed by atoms with Crippen molar-refractivity contribution in [3.8, 4) is 0 Å². The van der Waals surface area contributed by atoms with Crippen LogP contribution in [-0.4, -0.2) is 43.5 Å². The first-order valence-electron chi connectivity index (χ1n) is 6.48. The average Bonchev–Trinajstić information content (AvgIpc) is 2.76. The molecule has 2 rings (SSSR count). The molecule has 4 heteroatoms. The summed E-state index contributed by atoms with van der Waals surface area (Å²) in [5.74, 6) is 0.0272. The van der Waals surface area contributed by atoms with E-state index in [1.807, 2.05) is 24.3 Å². The molecular formula is C14H21N3O. The van der Waals surface area contributed by atoms with Gasteiger partial charge < -0.3 is 16.0 Å². The molecule has 0 radical (unpaired) electrons. The highest BCUT2D eigenvalue weighted by atomic mass is 16.1. The molecule has 0 spiro atoms. The Morgan fingerprint density at radius 2 is 2.28 bits per heavy atom. The molecule has 1 heterocycles. The molecule has 1 atom stereocenters. The third kappa shape index (κ3) is 3.09. The maximum atomic E-state index is 12.2. The van der Waals surface area contributed by atoms with Gasteiger partial charge in [-0.15, -0.1) is 0 Å². The fourth-order valence-electron chi connectivity index (χ4n) is 2.43. The maximum absolute atomic E-state index is 12.2. The summed E-state index contributed by atoms with van der Waals surface area (Å²) in [4.78, 5) is 14.5. The van der Waals surface area contributed by atoms with Gasteiger partial charge in [0.1, 0.15) is 0 Å². The Kier molecular flexibility index (Phi) is 4.33. The van der Waals surface area contributed by atoms with Gasteiger partial charge in [-0.25, -0.2) is 0 Å². The monoisotopic (exact) mass is 247 g/mol. The van der Waals surface area contributed by atoms with Crippen LogP contribution in [0.3, 0.4) is 0 Å². The van der Waals surface area contributed by atoms with E-state index in [2.05, 4.69) is 17.3 Å². The molecular weight excluding hydrogens is 226 g/mol. The molecule has 0 saturated carbocycles. The van der Waals surface area contributed by atoms with E-state index in [9.17, 15) is 4.79 Å². The Bertz CT molecular complexity index is 419. The molecule has 1 unspecified atom stereocenters. The van der Waals surface area contributed by atoms with Crippen LogP contribution in [0.15, 0.2) is 24.3 Å². The molecule has 1 saturated heterocycles. The molecule has 1 aromatic carbocycles. The van der Waals surface area contributed by atoms with Gasteiger partial charge >= 0.3 is 0 Å². The summed E-state index contributed by atoms with van der Waals surface area (Å²) in [5, 5.41) is 3.10. The largest absolute Gasteiger partial charge is 0.348 e. The number of amides is 1. The van der Waals surface area contributed by atoms with E-state index in [-0.39, 0.29) is 11.9 Å². The predicted molar refractivity (Wildman–Crippen MR) is 72.6 cm³/mol. The maximum Gasteiger partial charge on any atom is 0.251 e. The number of nitrogens with two attached hydrogens (primary N) is 1. The van der Waals surface area contributed by atoms with Crippen molar-refractivity contribution in [2.24, 2.45) is 5.73 Å². The van der Waals surface area contributed by atoms with Crippen molar-refractivity contribution >= 4 is 5.91 Å². The molecule has 1 fully saturated rings. The predicted octanol–water partition coefficient (Wildman–Crippen LogP) is 0.622. The lowest BCUT2D eigenvalue weighted by atomic mass is 10.0. The number of carbonyl (C=O) groups excluding carboxylic acids is 1. The van der Waals surface area contributed by atoms with Gasteiger partial charge in [0.25, 0.3) is 5.91 Å². The van der Waals surface area contributed by atoms with Crippen LogP contribution in [0.5, 0.6) is 0 Å². The summed E-state index contributed by atoms with van der Waals surface area (Å²) < 4.78 is 0. The number of hydrogen-bond donors (Lipinski definition) is 2. The lowest BCUT2D eigenvalue weighted by molar-refractivity contribution is 0.0937. The summed E-state index contributed by atoms with van der Waals surface area (Å²) in [5.41, 5.74) is 7.37. The molecule has 0 aromatic heterocycles. The van der Waals surface area contributed by atoms with Crippen LogP contribution in [0.4, 0.5) is 0 Å². The molecule has 3 N–H and O–H groups in total. The Balaban J connectivity index is 2.04. The number of likely N-dealkylation sites (N-methyl/N-ethyl adjacent to an activating group) is 1. The quantitative estimate of drug-likeness (QED) is 0.820. The highest BCUT2D eigenvalue weighted by Crippen LogP contribution is 2.12. The Hall–Kier alpha value is -1.39. The van der Waals surface area contributed by atoms with Crippen molar-refractivity contribution in [2.45, 2.75) is 18.9 Å². The van der Waals surface area contributed by atoms with Crippen LogP contribution in [0.1, 0.15) is 22.3 Å². The second-order valence-electron chi connectivity index (χ2n) is 4.92. The Labute approximate surface area is 108 Å². The standard InChI is InChI=1S/C14H21N3O/c1-17-9-7-12(10-17)16-14(18)13-5-3-2-4-11(13)6-8-15/h2-5,12H,6-10,15H2,1H3,(H,16,18). The first-order valence-corrected chi connectivity index (χ1v) is 6.48. The molecule has 98 valence electrons. The summed E-state index contributed by atoms with van der Waals surface area (Å²) in [6.45, 7) is 2.55. The summed E-state index contributed by atoms with van der Waals surface area (Å²) in [6.07, 6.45) is 1.77. The number of rotatable bonds is 4. The van der Waals surface area contributed by atoms with E-state index in [1.54, 1.807) is 0 Å². The number of hydrogen-bond acceptors (Lipinski definition) is 3. The summed E-state index contributed by atoms with van der Waals surface area (Å²) in [7, 11) is 2.08. The van der Waals surface area contributed by atoms with Gasteiger partial charge in [0, 0.05) is 18.2 Å². The average molecular weight is 247 g/mol. The number of carbonyl (C=O) groups is 1. The second kappa shape index (κ2) is 5.98. The lowest BCUT2D eigenvalue weighted by Gasteiger charge is -2.14. The fraction of sp³-hybridized carbons (Fsp3) is 0.500. The van der Waals surface area contributed by atoms with Crippen LogP contribution in [0, 0.1) is 0 Å². The van der Waals surface area contributed by atoms with Crippen molar-refractivity contribution < 1.29 is 4.79 Å². The van der Waals surface area contributed by atoms with Crippen LogP contribution < -0.4 is 11.1 Å². The third-order valence-electron chi connectivity index (χ3n) is 3.40. The summed E-state index contributed by atoms with van der Waals surface area (Å²) in [6, 6.07) is 7.97. The van der Waals surface area contributed by atoms with Crippen molar-refractivity contribution in [2.75, 3.05) is 26.7 Å². The van der Waals surface area contributed by atoms with E-state index in [0.717, 1.165) is 37.1 Å². The number of nitrogens with one attached hydrogen (secondary N) is 1. The van der Waals surface area contributed by atoms with E-state index in [1.165, 1.54) is 0 Å². The van der Waals surface area contributed by atoms with E-state index in [4.69, 9.17) is 5.73 Å². The molecule has 0 bridgehead atoms. The Morgan fingerprint density at radius 1 is 1.50 bits per heavy atom. The minimum Gasteiger partial charge on any atom is -0.348 e. The number of benzene rings is 1. The van der Waals surface area contributed by atoms with E-state index in [0.29, 0.717) is 6.54 Å². The highest BCUT2D eigenvalue weighted by Gasteiger charge is 2.22.